The molecule has 3 heteroatoms. The Morgan fingerprint density at radius 1 is 1.08 bits per heavy atom. The van der Waals surface area contributed by atoms with Crippen molar-refractivity contribution in [2.75, 3.05) is 33.2 Å². The maximum Gasteiger partial charge on any atom is 0.0201 e. The lowest BCUT2D eigenvalue weighted by molar-refractivity contribution is 0.0946. The zero-order valence-corrected chi connectivity index (χ0v) is 9.83. The second kappa shape index (κ2) is 3.80. The highest BCUT2D eigenvalue weighted by Gasteiger charge is 2.31. The second-order valence-electron chi connectivity index (χ2n) is 4.23. The molecular formula is C9H17IN2. The molecule has 70 valence electrons. The van der Waals surface area contributed by atoms with Gasteiger partial charge in [0.15, 0.2) is 0 Å². The Labute approximate surface area is 88.8 Å². The smallest absolute Gasteiger partial charge is 0.0201 e. The molecule has 0 aromatic rings. The van der Waals surface area contributed by atoms with E-state index in [0.717, 1.165) is 11.8 Å². The first-order chi connectivity index (χ1) is 5.75. The Morgan fingerprint density at radius 2 is 1.75 bits per heavy atom. The molecule has 0 aliphatic carbocycles. The number of fused-ring (bicyclic) bond motifs is 1. The molecule has 0 aromatic carbocycles. The fourth-order valence-corrected chi connectivity index (χ4v) is 3.27. The third kappa shape index (κ3) is 1.93. The summed E-state index contributed by atoms with van der Waals surface area (Å²) in [7, 11) is 2.26. The zero-order chi connectivity index (χ0) is 8.55. The molecule has 0 bridgehead atoms. The van der Waals surface area contributed by atoms with Gasteiger partial charge in [0.1, 0.15) is 0 Å². The lowest BCUT2D eigenvalue weighted by atomic mass is 9.81. The summed E-state index contributed by atoms with van der Waals surface area (Å²) in [5.74, 6) is 1.99. The third-order valence-corrected chi connectivity index (χ3v) is 4.15. The van der Waals surface area contributed by atoms with Crippen LogP contribution in [0.1, 0.15) is 12.8 Å². The van der Waals surface area contributed by atoms with E-state index < -0.39 is 0 Å². The first-order valence-corrected chi connectivity index (χ1v) is 5.81. The molecule has 2 fully saturated rings. The molecule has 0 saturated carbocycles. The summed E-state index contributed by atoms with van der Waals surface area (Å²) < 4.78 is 2.46. The minimum absolute atomic E-state index is 0.992. The van der Waals surface area contributed by atoms with E-state index >= 15 is 0 Å². The second-order valence-corrected chi connectivity index (χ2v) is 5.59. The molecule has 2 aliphatic rings. The van der Waals surface area contributed by atoms with Crippen molar-refractivity contribution >= 4 is 22.9 Å². The molecular weight excluding hydrogens is 263 g/mol. The summed E-state index contributed by atoms with van der Waals surface area (Å²) in [6.45, 7) is 5.29. The Hall–Kier alpha value is 0.650. The van der Waals surface area contributed by atoms with Crippen LogP contribution < -0.4 is 0 Å². The van der Waals surface area contributed by atoms with Gasteiger partial charge in [0.25, 0.3) is 0 Å². The average Bonchev–Trinajstić information content (AvgIpc) is 2.05. The van der Waals surface area contributed by atoms with Crippen molar-refractivity contribution < 1.29 is 0 Å². The highest BCUT2D eigenvalue weighted by molar-refractivity contribution is 14.1. The zero-order valence-electron chi connectivity index (χ0n) is 7.67. The Kier molecular flexibility index (Phi) is 2.92. The van der Waals surface area contributed by atoms with Gasteiger partial charge in [-0.3, -0.25) is 0 Å². The van der Waals surface area contributed by atoms with Gasteiger partial charge in [-0.05, 0) is 38.3 Å². The minimum atomic E-state index is 0.992. The Morgan fingerprint density at radius 3 is 2.58 bits per heavy atom. The van der Waals surface area contributed by atoms with Gasteiger partial charge < -0.3 is 4.90 Å². The highest BCUT2D eigenvalue weighted by atomic mass is 127. The van der Waals surface area contributed by atoms with E-state index in [1.807, 2.05) is 0 Å². The summed E-state index contributed by atoms with van der Waals surface area (Å²) in [4.78, 5) is 2.49. The van der Waals surface area contributed by atoms with Crippen molar-refractivity contribution in [3.63, 3.8) is 0 Å². The van der Waals surface area contributed by atoms with E-state index in [1.165, 1.54) is 39.0 Å². The molecule has 2 heterocycles. The van der Waals surface area contributed by atoms with Gasteiger partial charge in [-0.25, -0.2) is 3.11 Å². The van der Waals surface area contributed by atoms with Gasteiger partial charge in [-0.2, -0.15) is 0 Å². The lowest BCUT2D eigenvalue weighted by Crippen LogP contribution is -2.45. The average molecular weight is 280 g/mol. The molecule has 2 aliphatic heterocycles. The Bertz CT molecular complexity index is 145. The Balaban J connectivity index is 1.94. The van der Waals surface area contributed by atoms with Crippen LogP contribution in [-0.2, 0) is 0 Å². The summed E-state index contributed by atoms with van der Waals surface area (Å²) in [6.07, 6.45) is 2.83. The van der Waals surface area contributed by atoms with E-state index in [4.69, 9.17) is 0 Å². The SMILES string of the molecule is CN1CCC2CN(I)CCC2C1. The maximum atomic E-state index is 2.49. The molecule has 2 rings (SSSR count). The fraction of sp³-hybridized carbons (Fsp3) is 1.00. The predicted octanol–water partition coefficient (Wildman–Crippen LogP) is 1.61. The number of nitrogens with zero attached hydrogens (tertiary/aromatic N) is 2. The molecule has 0 radical (unpaired) electrons. The van der Waals surface area contributed by atoms with Crippen LogP contribution in [0.4, 0.5) is 0 Å². The van der Waals surface area contributed by atoms with Crippen LogP contribution in [0.25, 0.3) is 0 Å². The largest absolute Gasteiger partial charge is 0.306 e. The van der Waals surface area contributed by atoms with E-state index in [9.17, 15) is 0 Å². The van der Waals surface area contributed by atoms with Crippen LogP contribution in [0.5, 0.6) is 0 Å². The quantitative estimate of drug-likeness (QED) is 0.491. The number of halogens is 1. The number of likely N-dealkylation sites (tertiary alicyclic amines) is 1. The van der Waals surface area contributed by atoms with Crippen LogP contribution >= 0.6 is 22.9 Å². The first kappa shape index (κ1) is 9.21. The van der Waals surface area contributed by atoms with Gasteiger partial charge in [0, 0.05) is 42.5 Å². The summed E-state index contributed by atoms with van der Waals surface area (Å²) in [6, 6.07) is 0. The monoisotopic (exact) mass is 280 g/mol. The molecule has 0 spiro atoms. The maximum absolute atomic E-state index is 2.49. The summed E-state index contributed by atoms with van der Waals surface area (Å²) >= 11 is 2.47. The molecule has 2 unspecified atom stereocenters. The van der Waals surface area contributed by atoms with Crippen LogP contribution in [0.3, 0.4) is 0 Å². The summed E-state index contributed by atoms with van der Waals surface area (Å²) in [5.41, 5.74) is 0. The van der Waals surface area contributed by atoms with Crippen molar-refractivity contribution in [2.24, 2.45) is 11.8 Å². The number of hydrogen-bond acceptors (Lipinski definition) is 2. The van der Waals surface area contributed by atoms with E-state index in [-0.39, 0.29) is 0 Å². The normalized spacial score (nSPS) is 39.5. The molecule has 0 N–H and O–H groups in total. The predicted molar refractivity (Wildman–Crippen MR) is 59.3 cm³/mol. The van der Waals surface area contributed by atoms with Crippen molar-refractivity contribution in [3.05, 3.63) is 0 Å². The minimum Gasteiger partial charge on any atom is -0.306 e. The van der Waals surface area contributed by atoms with Crippen LogP contribution in [-0.4, -0.2) is 41.2 Å². The van der Waals surface area contributed by atoms with E-state index in [0.29, 0.717) is 0 Å². The van der Waals surface area contributed by atoms with Crippen LogP contribution in [0.2, 0.25) is 0 Å². The van der Waals surface area contributed by atoms with Gasteiger partial charge in [-0.1, -0.05) is 0 Å². The number of rotatable bonds is 0. The summed E-state index contributed by atoms with van der Waals surface area (Å²) in [5, 5.41) is 0. The van der Waals surface area contributed by atoms with Gasteiger partial charge in [-0.15, -0.1) is 0 Å². The van der Waals surface area contributed by atoms with Gasteiger partial charge in [0.05, 0.1) is 0 Å². The number of hydrogen-bond donors (Lipinski definition) is 0. The molecule has 2 saturated heterocycles. The fourth-order valence-electron chi connectivity index (χ4n) is 2.48. The topological polar surface area (TPSA) is 6.48 Å². The van der Waals surface area contributed by atoms with Crippen molar-refractivity contribution in [3.8, 4) is 0 Å². The lowest BCUT2D eigenvalue weighted by Gasteiger charge is -2.42. The van der Waals surface area contributed by atoms with E-state index in [2.05, 4.69) is 37.9 Å². The molecule has 12 heavy (non-hydrogen) atoms. The van der Waals surface area contributed by atoms with Crippen molar-refractivity contribution in [1.29, 1.82) is 0 Å². The van der Waals surface area contributed by atoms with Crippen molar-refractivity contribution in [2.45, 2.75) is 12.8 Å². The molecule has 0 amide bonds. The van der Waals surface area contributed by atoms with Gasteiger partial charge >= 0.3 is 0 Å². The standard InChI is InChI=1S/C9H17IN2/c1-11-4-2-9-7-12(10)5-3-8(9)6-11/h8-9H,2-7H2,1H3. The highest BCUT2D eigenvalue weighted by Crippen LogP contribution is 2.31. The number of piperidine rings is 2. The van der Waals surface area contributed by atoms with Crippen LogP contribution in [0.15, 0.2) is 0 Å². The molecule has 2 atom stereocenters. The first-order valence-electron chi connectivity index (χ1n) is 4.85. The molecule has 2 nitrogen and oxygen atoms in total. The third-order valence-electron chi connectivity index (χ3n) is 3.27. The van der Waals surface area contributed by atoms with Gasteiger partial charge in [0.2, 0.25) is 0 Å². The van der Waals surface area contributed by atoms with Crippen LogP contribution in [0, 0.1) is 11.8 Å². The molecule has 0 aromatic heterocycles. The van der Waals surface area contributed by atoms with Crippen molar-refractivity contribution in [1.82, 2.24) is 8.01 Å². The van der Waals surface area contributed by atoms with E-state index in [1.54, 1.807) is 0 Å².